The van der Waals surface area contributed by atoms with Crippen molar-refractivity contribution in [1.29, 1.82) is 0 Å². The number of methoxy groups -OCH3 is 1. The number of benzene rings is 1. The van der Waals surface area contributed by atoms with Crippen molar-refractivity contribution in [3.8, 4) is 5.75 Å². The van der Waals surface area contributed by atoms with Crippen molar-refractivity contribution in [2.75, 3.05) is 26.1 Å². The van der Waals surface area contributed by atoms with E-state index in [9.17, 15) is 9.59 Å². The molecule has 1 aromatic carbocycles. The van der Waals surface area contributed by atoms with Crippen LogP contribution in [0.3, 0.4) is 0 Å². The molecule has 0 aliphatic heterocycles. The molecule has 0 spiro atoms. The molecule has 2 amide bonds. The monoisotopic (exact) mass is 266 g/mol. The van der Waals surface area contributed by atoms with Crippen LogP contribution >= 0.6 is 0 Å². The van der Waals surface area contributed by atoms with E-state index in [1.165, 1.54) is 14.2 Å². The summed E-state index contributed by atoms with van der Waals surface area (Å²) < 4.78 is 9.84. The number of anilines is 1. The molecule has 0 heterocycles. The largest absolute Gasteiger partial charge is 0.412 e. The van der Waals surface area contributed by atoms with Gasteiger partial charge < -0.3 is 20.1 Å². The maximum atomic E-state index is 11.5. The average molecular weight is 266 g/mol. The van der Waals surface area contributed by atoms with Gasteiger partial charge in [0.2, 0.25) is 5.91 Å². The molecule has 0 atom stereocenters. The zero-order chi connectivity index (χ0) is 14.4. The minimum atomic E-state index is -0.529. The molecule has 0 radical (unpaired) electrons. The van der Waals surface area contributed by atoms with Crippen LogP contribution in [0, 0.1) is 13.8 Å². The van der Waals surface area contributed by atoms with Gasteiger partial charge in [0.1, 0.15) is 12.4 Å². The van der Waals surface area contributed by atoms with Gasteiger partial charge in [0.15, 0.2) is 0 Å². The molecule has 2 N–H and O–H groups in total. The summed E-state index contributed by atoms with van der Waals surface area (Å²) >= 11 is 0. The van der Waals surface area contributed by atoms with Crippen LogP contribution in [0.4, 0.5) is 10.5 Å². The summed E-state index contributed by atoms with van der Waals surface area (Å²) in [5.74, 6) is 0.228. The van der Waals surface area contributed by atoms with Crippen LogP contribution in [-0.2, 0) is 9.53 Å². The van der Waals surface area contributed by atoms with E-state index in [2.05, 4.69) is 10.6 Å². The van der Waals surface area contributed by atoms with Crippen molar-refractivity contribution in [3.05, 3.63) is 23.3 Å². The molecule has 104 valence electrons. The maximum absolute atomic E-state index is 11.5. The second-order valence-corrected chi connectivity index (χ2v) is 4.05. The van der Waals surface area contributed by atoms with E-state index in [1.54, 1.807) is 19.1 Å². The lowest BCUT2D eigenvalue weighted by atomic mass is 10.1. The topological polar surface area (TPSA) is 76.7 Å². The first kappa shape index (κ1) is 15.0. The summed E-state index contributed by atoms with van der Waals surface area (Å²) in [5, 5.41) is 5.10. The normalized spacial score (nSPS) is 9.89. The molecule has 0 aromatic heterocycles. The quantitative estimate of drug-likeness (QED) is 0.868. The third-order valence-corrected chi connectivity index (χ3v) is 2.48. The zero-order valence-electron chi connectivity index (χ0n) is 11.5. The summed E-state index contributed by atoms with van der Waals surface area (Å²) in [4.78, 5) is 22.6. The number of nitrogens with one attached hydrogen (secondary N) is 2. The second-order valence-electron chi connectivity index (χ2n) is 4.05. The summed E-state index contributed by atoms with van der Waals surface area (Å²) in [6, 6.07) is 3.45. The second kappa shape index (κ2) is 6.75. The molecule has 1 rings (SSSR count). The van der Waals surface area contributed by atoms with E-state index in [1.807, 2.05) is 6.92 Å². The van der Waals surface area contributed by atoms with Gasteiger partial charge in [-0.05, 0) is 37.1 Å². The number of aryl methyl sites for hydroxylation is 2. The predicted octanol–water partition coefficient (Wildman–Crippen LogP) is 1.61. The first-order valence-corrected chi connectivity index (χ1v) is 5.77. The van der Waals surface area contributed by atoms with Gasteiger partial charge in [-0.1, -0.05) is 0 Å². The molecule has 19 heavy (non-hydrogen) atoms. The Kier molecular flexibility index (Phi) is 5.32. The Bertz CT molecular complexity index is 486. The van der Waals surface area contributed by atoms with E-state index in [0.717, 1.165) is 11.1 Å². The number of carbonyl (C=O) groups excluding carboxylic acids is 2. The average Bonchev–Trinajstić information content (AvgIpc) is 2.35. The van der Waals surface area contributed by atoms with Crippen LogP contribution in [0.1, 0.15) is 11.1 Å². The van der Waals surface area contributed by atoms with Gasteiger partial charge >= 0.3 is 6.09 Å². The van der Waals surface area contributed by atoms with Gasteiger partial charge in [-0.2, -0.15) is 0 Å². The molecule has 0 unspecified atom stereocenters. The molecule has 1 aromatic rings. The number of hydrogen-bond acceptors (Lipinski definition) is 4. The fourth-order valence-electron chi connectivity index (χ4n) is 1.50. The van der Waals surface area contributed by atoms with Crippen molar-refractivity contribution >= 4 is 17.7 Å². The third kappa shape index (κ3) is 4.26. The smallest absolute Gasteiger partial charge is 0.410 e. The van der Waals surface area contributed by atoms with Gasteiger partial charge in [-0.25, -0.2) is 4.79 Å². The molecule has 6 heteroatoms. The van der Waals surface area contributed by atoms with E-state index in [0.29, 0.717) is 11.4 Å². The molecule has 0 saturated carbocycles. The summed E-state index contributed by atoms with van der Waals surface area (Å²) in [6.07, 6.45) is -0.529. The highest BCUT2D eigenvalue weighted by atomic mass is 16.6. The van der Waals surface area contributed by atoms with Crippen molar-refractivity contribution < 1.29 is 19.1 Å². The fraction of sp³-hybridized carbons (Fsp3) is 0.385. The Labute approximate surface area is 112 Å². The number of amides is 2. The molecule has 6 nitrogen and oxygen atoms in total. The maximum Gasteiger partial charge on any atom is 0.412 e. The van der Waals surface area contributed by atoms with Crippen molar-refractivity contribution in [1.82, 2.24) is 5.32 Å². The van der Waals surface area contributed by atoms with E-state index in [-0.39, 0.29) is 12.5 Å². The lowest BCUT2D eigenvalue weighted by molar-refractivity contribution is -0.119. The van der Waals surface area contributed by atoms with Crippen molar-refractivity contribution in [2.45, 2.75) is 13.8 Å². The Morgan fingerprint density at radius 2 is 1.89 bits per heavy atom. The number of ether oxygens (including phenoxy) is 2. The number of hydrogen-bond donors (Lipinski definition) is 2. The van der Waals surface area contributed by atoms with Gasteiger partial charge in [-0.15, -0.1) is 0 Å². The highest BCUT2D eigenvalue weighted by Crippen LogP contribution is 2.26. The van der Waals surface area contributed by atoms with Crippen LogP contribution < -0.4 is 15.4 Å². The summed E-state index contributed by atoms with van der Waals surface area (Å²) in [7, 11) is 2.95. The molecule has 0 saturated heterocycles. The Hall–Kier alpha value is -2.08. The van der Waals surface area contributed by atoms with Gasteiger partial charge in [0.05, 0.1) is 0 Å². The standard InChI is InChI=1S/C13H18N2O4/c1-8-6-11(19-13(17)14-3)9(2)5-10(8)15-12(16)7-18-4/h5-6H,7H2,1-4H3,(H,14,17)(H,15,16). The number of rotatable bonds is 4. The van der Waals surface area contributed by atoms with E-state index in [4.69, 9.17) is 9.47 Å². The summed E-state index contributed by atoms with van der Waals surface area (Å²) in [5.41, 5.74) is 2.22. The minimum Gasteiger partial charge on any atom is -0.410 e. The predicted molar refractivity (Wildman–Crippen MR) is 71.5 cm³/mol. The molecule has 0 aliphatic rings. The molecule has 0 fully saturated rings. The van der Waals surface area contributed by atoms with Crippen molar-refractivity contribution in [2.24, 2.45) is 0 Å². The Morgan fingerprint density at radius 1 is 1.21 bits per heavy atom. The van der Waals surface area contributed by atoms with Crippen LogP contribution in [0.2, 0.25) is 0 Å². The minimum absolute atomic E-state index is 0.00498. The first-order valence-electron chi connectivity index (χ1n) is 5.77. The lowest BCUT2D eigenvalue weighted by Gasteiger charge is -2.13. The van der Waals surface area contributed by atoms with E-state index >= 15 is 0 Å². The molecular formula is C13H18N2O4. The molecule has 0 aliphatic carbocycles. The van der Waals surface area contributed by atoms with Crippen LogP contribution in [0.5, 0.6) is 5.75 Å². The highest BCUT2D eigenvalue weighted by molar-refractivity contribution is 5.92. The van der Waals surface area contributed by atoms with Crippen molar-refractivity contribution in [3.63, 3.8) is 0 Å². The number of carbonyl (C=O) groups is 2. The van der Waals surface area contributed by atoms with Crippen LogP contribution in [0.15, 0.2) is 12.1 Å². The van der Waals surface area contributed by atoms with Gasteiger partial charge in [0, 0.05) is 19.8 Å². The molecule has 0 bridgehead atoms. The molecular weight excluding hydrogens is 248 g/mol. The van der Waals surface area contributed by atoms with E-state index < -0.39 is 6.09 Å². The SMILES string of the molecule is CNC(=O)Oc1cc(C)c(NC(=O)COC)cc1C. The Morgan fingerprint density at radius 3 is 2.47 bits per heavy atom. The lowest BCUT2D eigenvalue weighted by Crippen LogP contribution is -2.22. The van der Waals surface area contributed by atoms with Gasteiger partial charge in [-0.3, -0.25) is 4.79 Å². The first-order chi connectivity index (χ1) is 8.97. The van der Waals surface area contributed by atoms with Gasteiger partial charge in [0.25, 0.3) is 0 Å². The Balaban J connectivity index is 2.90. The zero-order valence-corrected chi connectivity index (χ0v) is 11.5. The highest BCUT2D eigenvalue weighted by Gasteiger charge is 2.10. The van der Waals surface area contributed by atoms with Crippen LogP contribution in [-0.4, -0.2) is 32.8 Å². The third-order valence-electron chi connectivity index (χ3n) is 2.48. The summed E-state index contributed by atoms with van der Waals surface area (Å²) in [6.45, 7) is 3.61. The van der Waals surface area contributed by atoms with Crippen LogP contribution in [0.25, 0.3) is 0 Å². The fourth-order valence-corrected chi connectivity index (χ4v) is 1.50.